The van der Waals surface area contributed by atoms with Crippen LogP contribution < -0.4 is 5.32 Å². The van der Waals surface area contributed by atoms with Gasteiger partial charge in [0, 0.05) is 17.6 Å². The van der Waals surface area contributed by atoms with E-state index in [9.17, 15) is 0 Å². The maximum atomic E-state index is 5.98. The van der Waals surface area contributed by atoms with Gasteiger partial charge in [-0.3, -0.25) is 0 Å². The van der Waals surface area contributed by atoms with E-state index in [1.807, 2.05) is 7.05 Å². The van der Waals surface area contributed by atoms with Crippen LogP contribution in [0.5, 0.6) is 0 Å². The third-order valence-electron chi connectivity index (χ3n) is 2.95. The third-order valence-corrected chi connectivity index (χ3v) is 3.48. The highest BCUT2D eigenvalue weighted by atomic mass is 79.9. The number of halogens is 1. The summed E-state index contributed by atoms with van der Waals surface area (Å²) in [5, 5.41) is 3.20. The molecular formula is C15H24BrNO. The van der Waals surface area contributed by atoms with E-state index < -0.39 is 0 Å². The molecule has 1 atom stereocenters. The Hall–Kier alpha value is -0.380. The normalized spacial score (nSPS) is 12.6. The van der Waals surface area contributed by atoms with Gasteiger partial charge in [0.1, 0.15) is 0 Å². The molecule has 1 N–H and O–H groups in total. The minimum absolute atomic E-state index is 0.157. The van der Waals surface area contributed by atoms with E-state index in [1.54, 1.807) is 0 Å². The lowest BCUT2D eigenvalue weighted by molar-refractivity contribution is 0.0511. The van der Waals surface area contributed by atoms with E-state index in [2.05, 4.69) is 52.4 Å². The Balaban J connectivity index is 2.41. The van der Waals surface area contributed by atoms with Gasteiger partial charge in [0.25, 0.3) is 0 Å². The molecule has 1 rings (SSSR count). The molecule has 0 amide bonds. The van der Waals surface area contributed by atoms with Gasteiger partial charge in [0.2, 0.25) is 0 Å². The average Bonchev–Trinajstić information content (AvgIpc) is 2.38. The lowest BCUT2D eigenvalue weighted by Gasteiger charge is -2.18. The fraction of sp³-hybridized carbons (Fsp3) is 0.600. The zero-order valence-electron chi connectivity index (χ0n) is 11.4. The lowest BCUT2D eigenvalue weighted by Crippen LogP contribution is -2.20. The highest BCUT2D eigenvalue weighted by Crippen LogP contribution is 2.20. The van der Waals surface area contributed by atoms with E-state index in [4.69, 9.17) is 4.74 Å². The number of nitrogens with one attached hydrogen (secondary N) is 1. The van der Waals surface area contributed by atoms with Gasteiger partial charge in [-0.2, -0.15) is 0 Å². The largest absolute Gasteiger partial charge is 0.372 e. The fourth-order valence-electron chi connectivity index (χ4n) is 1.89. The van der Waals surface area contributed by atoms with Crippen LogP contribution in [0.2, 0.25) is 0 Å². The molecule has 3 heteroatoms. The molecule has 0 aliphatic rings. The zero-order chi connectivity index (χ0) is 13.2. The van der Waals surface area contributed by atoms with Gasteiger partial charge < -0.3 is 10.1 Å². The Labute approximate surface area is 119 Å². The van der Waals surface area contributed by atoms with Gasteiger partial charge >= 0.3 is 0 Å². The number of likely N-dealkylation sites (N-methyl/N-ethyl adjacent to an activating group) is 1. The van der Waals surface area contributed by atoms with Crippen LogP contribution in [0.15, 0.2) is 28.7 Å². The molecule has 18 heavy (non-hydrogen) atoms. The second kappa shape index (κ2) is 9.54. The van der Waals surface area contributed by atoms with Crippen molar-refractivity contribution in [3.8, 4) is 0 Å². The van der Waals surface area contributed by atoms with Gasteiger partial charge in [-0.25, -0.2) is 0 Å². The molecule has 102 valence electrons. The zero-order valence-corrected chi connectivity index (χ0v) is 13.0. The molecular weight excluding hydrogens is 290 g/mol. The minimum Gasteiger partial charge on any atom is -0.372 e. The highest BCUT2D eigenvalue weighted by Gasteiger charge is 2.10. The number of rotatable bonds is 9. The van der Waals surface area contributed by atoms with Crippen LogP contribution in [-0.4, -0.2) is 20.2 Å². The van der Waals surface area contributed by atoms with Gasteiger partial charge in [-0.05, 0) is 31.2 Å². The maximum absolute atomic E-state index is 5.98. The Morgan fingerprint density at radius 1 is 1.17 bits per heavy atom. The van der Waals surface area contributed by atoms with Crippen LogP contribution in [0.4, 0.5) is 0 Å². The highest BCUT2D eigenvalue weighted by molar-refractivity contribution is 9.10. The van der Waals surface area contributed by atoms with Gasteiger partial charge in [-0.1, -0.05) is 54.2 Å². The van der Waals surface area contributed by atoms with Crippen molar-refractivity contribution in [2.45, 2.75) is 38.7 Å². The standard InChI is InChI=1S/C15H24BrNO/c1-3-4-5-6-11-18-15(12-17-2)13-7-9-14(16)10-8-13/h7-10,15,17H,3-6,11-12H2,1-2H3. The van der Waals surface area contributed by atoms with Crippen LogP contribution in [0.1, 0.15) is 44.3 Å². The Bertz CT molecular complexity index is 313. The summed E-state index contributed by atoms with van der Waals surface area (Å²) < 4.78 is 7.09. The molecule has 0 bridgehead atoms. The molecule has 0 heterocycles. The predicted molar refractivity (Wildman–Crippen MR) is 80.9 cm³/mol. The number of unbranched alkanes of at least 4 members (excludes halogenated alkanes) is 3. The first-order chi connectivity index (χ1) is 8.77. The fourth-order valence-corrected chi connectivity index (χ4v) is 2.15. The molecule has 0 aromatic heterocycles. The smallest absolute Gasteiger partial charge is 0.0949 e. The van der Waals surface area contributed by atoms with Crippen molar-refractivity contribution >= 4 is 15.9 Å². The van der Waals surface area contributed by atoms with Crippen molar-refractivity contribution in [3.63, 3.8) is 0 Å². The van der Waals surface area contributed by atoms with Gasteiger partial charge in [0.05, 0.1) is 6.10 Å². The summed E-state index contributed by atoms with van der Waals surface area (Å²) in [7, 11) is 1.96. The van der Waals surface area contributed by atoms with Crippen LogP contribution >= 0.6 is 15.9 Å². The number of hydrogen-bond acceptors (Lipinski definition) is 2. The van der Waals surface area contributed by atoms with E-state index in [1.165, 1.54) is 24.8 Å². The average molecular weight is 314 g/mol. The SMILES string of the molecule is CCCCCCOC(CNC)c1ccc(Br)cc1. The quantitative estimate of drug-likeness (QED) is 0.686. The summed E-state index contributed by atoms with van der Waals surface area (Å²) in [6, 6.07) is 8.38. The van der Waals surface area contributed by atoms with Crippen molar-refractivity contribution < 1.29 is 4.74 Å². The first kappa shape index (κ1) is 15.7. The number of benzene rings is 1. The monoisotopic (exact) mass is 313 g/mol. The molecule has 0 aliphatic heterocycles. The summed E-state index contributed by atoms with van der Waals surface area (Å²) in [6.45, 7) is 3.93. The molecule has 0 saturated heterocycles. The number of hydrogen-bond donors (Lipinski definition) is 1. The van der Waals surface area contributed by atoms with Crippen molar-refractivity contribution in [2.75, 3.05) is 20.2 Å². The van der Waals surface area contributed by atoms with Crippen LogP contribution in [-0.2, 0) is 4.74 Å². The maximum Gasteiger partial charge on any atom is 0.0949 e. The topological polar surface area (TPSA) is 21.3 Å². The van der Waals surface area contributed by atoms with E-state index >= 15 is 0 Å². The molecule has 0 saturated carbocycles. The second-order valence-electron chi connectivity index (χ2n) is 4.53. The predicted octanol–water partition coefficient (Wildman–Crippen LogP) is 4.31. The Morgan fingerprint density at radius 3 is 2.50 bits per heavy atom. The van der Waals surface area contributed by atoms with Crippen molar-refractivity contribution in [1.82, 2.24) is 5.32 Å². The van der Waals surface area contributed by atoms with E-state index in [0.29, 0.717) is 0 Å². The first-order valence-corrected chi connectivity index (χ1v) is 7.59. The summed E-state index contributed by atoms with van der Waals surface area (Å²) in [5.41, 5.74) is 1.24. The van der Waals surface area contributed by atoms with Crippen molar-refractivity contribution in [2.24, 2.45) is 0 Å². The summed E-state index contributed by atoms with van der Waals surface area (Å²) in [6.07, 6.45) is 5.16. The second-order valence-corrected chi connectivity index (χ2v) is 5.44. The molecule has 1 aromatic carbocycles. The summed E-state index contributed by atoms with van der Waals surface area (Å²) in [5.74, 6) is 0. The molecule has 0 radical (unpaired) electrons. The van der Waals surface area contributed by atoms with Gasteiger partial charge in [0.15, 0.2) is 0 Å². The third kappa shape index (κ3) is 5.98. The number of ether oxygens (including phenoxy) is 1. The molecule has 1 aromatic rings. The molecule has 0 fully saturated rings. The van der Waals surface area contributed by atoms with Crippen LogP contribution in [0.25, 0.3) is 0 Å². The Morgan fingerprint density at radius 2 is 1.89 bits per heavy atom. The van der Waals surface area contributed by atoms with Crippen molar-refractivity contribution in [3.05, 3.63) is 34.3 Å². The molecule has 2 nitrogen and oxygen atoms in total. The molecule has 1 unspecified atom stereocenters. The minimum atomic E-state index is 0.157. The van der Waals surface area contributed by atoms with Gasteiger partial charge in [-0.15, -0.1) is 0 Å². The molecule has 0 aliphatic carbocycles. The molecule has 0 spiro atoms. The van der Waals surface area contributed by atoms with E-state index in [-0.39, 0.29) is 6.10 Å². The summed E-state index contributed by atoms with van der Waals surface area (Å²) >= 11 is 3.46. The summed E-state index contributed by atoms with van der Waals surface area (Å²) in [4.78, 5) is 0. The van der Waals surface area contributed by atoms with E-state index in [0.717, 1.165) is 24.0 Å². The van der Waals surface area contributed by atoms with Crippen molar-refractivity contribution in [1.29, 1.82) is 0 Å². The van der Waals surface area contributed by atoms with Crippen LogP contribution in [0, 0.1) is 0 Å². The lowest BCUT2D eigenvalue weighted by atomic mass is 10.1. The Kier molecular flexibility index (Phi) is 8.31. The first-order valence-electron chi connectivity index (χ1n) is 6.79. The van der Waals surface area contributed by atoms with Crippen LogP contribution in [0.3, 0.4) is 0 Å².